The highest BCUT2D eigenvalue weighted by molar-refractivity contribution is 9.10. The van der Waals surface area contributed by atoms with Crippen molar-refractivity contribution in [3.63, 3.8) is 0 Å². The zero-order valence-electron chi connectivity index (χ0n) is 23.0. The van der Waals surface area contributed by atoms with Gasteiger partial charge in [0.15, 0.2) is 0 Å². The Balaban J connectivity index is 1.39. The molecule has 3 aromatic carbocycles. The molecule has 2 unspecified atom stereocenters. The van der Waals surface area contributed by atoms with Gasteiger partial charge in [-0.15, -0.1) is 0 Å². The summed E-state index contributed by atoms with van der Waals surface area (Å²) >= 11 is 4.88. The normalized spacial score (nSPS) is 16.4. The number of nitrogens with one attached hydrogen (secondary N) is 1. The molecule has 5 nitrogen and oxygen atoms in total. The highest BCUT2D eigenvalue weighted by Gasteiger charge is 2.32. The summed E-state index contributed by atoms with van der Waals surface area (Å²) in [5, 5.41) is 2.90. The third kappa shape index (κ3) is 6.84. The number of carbonyl (C=O) groups excluding carboxylic acids is 2. The number of hydrogen-bond acceptors (Lipinski definition) is 3. The Morgan fingerprint density at radius 2 is 1.77 bits per heavy atom. The van der Waals surface area contributed by atoms with E-state index in [4.69, 9.17) is 0 Å². The van der Waals surface area contributed by atoms with Crippen LogP contribution in [0, 0.1) is 12.7 Å². The fraction of sp³-hybridized carbons (Fsp3) is 0.355. The van der Waals surface area contributed by atoms with Gasteiger partial charge in [0.1, 0.15) is 11.9 Å². The number of urea groups is 1. The van der Waals surface area contributed by atoms with Crippen molar-refractivity contribution in [1.82, 2.24) is 10.2 Å². The molecule has 1 saturated heterocycles. The monoisotopic (exact) mass is 611 g/mol. The lowest BCUT2D eigenvalue weighted by Gasteiger charge is -2.34. The maximum absolute atomic E-state index is 15.1. The molecule has 8 heteroatoms. The first-order valence-corrected chi connectivity index (χ1v) is 14.8. The summed E-state index contributed by atoms with van der Waals surface area (Å²) in [6.07, 6.45) is 1.37. The van der Waals surface area contributed by atoms with Crippen molar-refractivity contribution in [3.05, 3.63) is 87.6 Å². The van der Waals surface area contributed by atoms with Crippen molar-refractivity contribution in [2.24, 2.45) is 0 Å². The molecular formula is C31H35BrFN3O2S. The zero-order chi connectivity index (χ0) is 28.3. The first-order chi connectivity index (χ1) is 18.5. The summed E-state index contributed by atoms with van der Waals surface area (Å²) in [6, 6.07) is 17.7. The van der Waals surface area contributed by atoms with Crippen LogP contribution in [0.15, 0.2) is 74.9 Å². The van der Waals surface area contributed by atoms with Crippen LogP contribution in [0.25, 0.3) is 0 Å². The van der Waals surface area contributed by atoms with E-state index >= 15 is 4.39 Å². The van der Waals surface area contributed by atoms with Crippen LogP contribution in [0.3, 0.4) is 0 Å². The molecule has 2 atom stereocenters. The van der Waals surface area contributed by atoms with Gasteiger partial charge in [-0.2, -0.15) is 0 Å². The molecule has 3 aromatic rings. The van der Waals surface area contributed by atoms with Gasteiger partial charge in [0, 0.05) is 33.5 Å². The Hall–Kier alpha value is -2.84. The molecule has 0 spiro atoms. The number of benzene rings is 3. The zero-order valence-corrected chi connectivity index (χ0v) is 25.4. The number of nitrogens with zero attached hydrogens (tertiary/aromatic N) is 2. The molecule has 0 saturated carbocycles. The van der Waals surface area contributed by atoms with Crippen LogP contribution in [0.2, 0.25) is 0 Å². The highest BCUT2D eigenvalue weighted by atomic mass is 79.9. The van der Waals surface area contributed by atoms with Gasteiger partial charge in [0.2, 0.25) is 5.91 Å². The average Bonchev–Trinajstić information content (AvgIpc) is 2.92. The number of hydrogen-bond donors (Lipinski definition) is 1. The average molecular weight is 613 g/mol. The van der Waals surface area contributed by atoms with Gasteiger partial charge in [-0.3, -0.25) is 4.79 Å². The quantitative estimate of drug-likeness (QED) is 0.294. The molecule has 1 aliphatic heterocycles. The Bertz CT molecular complexity index is 1350. The van der Waals surface area contributed by atoms with Crippen molar-refractivity contribution < 1.29 is 14.0 Å². The fourth-order valence-electron chi connectivity index (χ4n) is 4.62. The summed E-state index contributed by atoms with van der Waals surface area (Å²) in [5.74, 6) is 0.00177. The smallest absolute Gasteiger partial charge is 0.318 e. The van der Waals surface area contributed by atoms with E-state index < -0.39 is 6.04 Å². The molecule has 1 fully saturated rings. The summed E-state index contributed by atoms with van der Waals surface area (Å²) in [4.78, 5) is 31.1. The SMILES string of the molecule is Cc1cc(N2CCCC(NC(=O)N(C)C(C)c3ccc(Sc4ccc(C(C)C)cc4)c(F)c3)C2=O)ccc1Br. The van der Waals surface area contributed by atoms with Gasteiger partial charge in [-0.05, 0) is 91.8 Å². The second kappa shape index (κ2) is 12.6. The maximum Gasteiger partial charge on any atom is 0.318 e. The van der Waals surface area contributed by atoms with Gasteiger partial charge in [0.25, 0.3) is 0 Å². The van der Waals surface area contributed by atoms with Crippen LogP contribution in [0.4, 0.5) is 14.9 Å². The molecule has 4 rings (SSSR count). The van der Waals surface area contributed by atoms with Gasteiger partial charge in [0.05, 0.1) is 6.04 Å². The molecule has 0 radical (unpaired) electrons. The fourth-order valence-corrected chi connectivity index (χ4v) is 5.69. The summed E-state index contributed by atoms with van der Waals surface area (Å²) in [5.41, 5.74) is 3.80. The number of carbonyl (C=O) groups is 2. The van der Waals surface area contributed by atoms with E-state index in [1.54, 1.807) is 18.0 Å². The molecular weight excluding hydrogens is 577 g/mol. The number of anilines is 1. The third-order valence-corrected chi connectivity index (χ3v) is 9.25. The summed E-state index contributed by atoms with van der Waals surface area (Å²) in [7, 11) is 1.67. The topological polar surface area (TPSA) is 52.7 Å². The largest absolute Gasteiger partial charge is 0.326 e. The van der Waals surface area contributed by atoms with Crippen molar-refractivity contribution in [2.75, 3.05) is 18.5 Å². The van der Waals surface area contributed by atoms with Crippen LogP contribution >= 0.6 is 27.7 Å². The van der Waals surface area contributed by atoms with E-state index in [0.29, 0.717) is 29.3 Å². The molecule has 0 aromatic heterocycles. The minimum atomic E-state index is -0.609. The Morgan fingerprint density at radius 3 is 2.41 bits per heavy atom. The minimum absolute atomic E-state index is 0.119. The van der Waals surface area contributed by atoms with E-state index in [1.165, 1.54) is 28.3 Å². The minimum Gasteiger partial charge on any atom is -0.326 e. The molecule has 0 bridgehead atoms. The maximum atomic E-state index is 15.1. The van der Waals surface area contributed by atoms with Crippen molar-refractivity contribution in [1.29, 1.82) is 0 Å². The van der Waals surface area contributed by atoms with E-state index in [-0.39, 0.29) is 23.8 Å². The summed E-state index contributed by atoms with van der Waals surface area (Å²) in [6.45, 7) is 8.74. The Kier molecular flexibility index (Phi) is 9.39. The van der Waals surface area contributed by atoms with Crippen LogP contribution in [-0.2, 0) is 4.79 Å². The lowest BCUT2D eigenvalue weighted by atomic mass is 10.0. The molecule has 1 heterocycles. The Labute approximate surface area is 243 Å². The van der Waals surface area contributed by atoms with E-state index in [9.17, 15) is 9.59 Å². The standard InChI is InChI=1S/C31H35BrFN3O2S/c1-19(2)22-8-12-25(13-9-22)39-29-15-10-23(18-27(29)33)21(4)35(5)31(38)34-28-7-6-16-36(30(28)37)24-11-14-26(32)20(3)17-24/h8-15,17-19,21,28H,6-7,16H2,1-5H3,(H,34,38). The molecule has 0 aliphatic carbocycles. The predicted octanol–water partition coefficient (Wildman–Crippen LogP) is 8.07. The lowest BCUT2D eigenvalue weighted by Crippen LogP contribution is -2.54. The van der Waals surface area contributed by atoms with Crippen LogP contribution in [-0.4, -0.2) is 36.5 Å². The van der Waals surface area contributed by atoms with Gasteiger partial charge in [-0.25, -0.2) is 9.18 Å². The first-order valence-electron chi connectivity index (χ1n) is 13.2. The van der Waals surface area contributed by atoms with E-state index in [2.05, 4.69) is 47.2 Å². The van der Waals surface area contributed by atoms with E-state index in [0.717, 1.165) is 27.0 Å². The molecule has 1 aliphatic rings. The third-order valence-electron chi connectivity index (χ3n) is 7.30. The Morgan fingerprint density at radius 1 is 1.08 bits per heavy atom. The number of rotatable bonds is 7. The van der Waals surface area contributed by atoms with Crippen molar-refractivity contribution in [3.8, 4) is 0 Å². The lowest BCUT2D eigenvalue weighted by molar-refractivity contribution is -0.121. The first kappa shape index (κ1) is 29.2. The predicted molar refractivity (Wildman–Crippen MR) is 160 cm³/mol. The van der Waals surface area contributed by atoms with Crippen LogP contribution in [0.1, 0.15) is 62.3 Å². The summed E-state index contributed by atoms with van der Waals surface area (Å²) < 4.78 is 16.0. The van der Waals surface area contributed by atoms with E-state index in [1.807, 2.05) is 50.2 Å². The van der Waals surface area contributed by atoms with Gasteiger partial charge in [-0.1, -0.05) is 59.7 Å². The number of halogens is 2. The second-order valence-electron chi connectivity index (χ2n) is 10.4. The van der Waals surface area contributed by atoms with Crippen molar-refractivity contribution >= 4 is 45.3 Å². The van der Waals surface area contributed by atoms with Crippen LogP contribution in [0.5, 0.6) is 0 Å². The second-order valence-corrected chi connectivity index (χ2v) is 12.3. The van der Waals surface area contributed by atoms with Crippen molar-refractivity contribution in [2.45, 2.75) is 68.3 Å². The molecule has 206 valence electrons. The molecule has 1 N–H and O–H groups in total. The number of amides is 3. The van der Waals surface area contributed by atoms with Crippen LogP contribution < -0.4 is 10.2 Å². The molecule has 3 amide bonds. The highest BCUT2D eigenvalue weighted by Crippen LogP contribution is 2.33. The number of piperidine rings is 1. The van der Waals surface area contributed by atoms with Gasteiger partial charge < -0.3 is 15.1 Å². The number of aryl methyl sites for hydroxylation is 1. The van der Waals surface area contributed by atoms with Gasteiger partial charge >= 0.3 is 6.03 Å². The molecule has 39 heavy (non-hydrogen) atoms.